The summed E-state index contributed by atoms with van der Waals surface area (Å²) < 4.78 is 6.35. The Bertz CT molecular complexity index is 3610. The molecule has 0 radical (unpaired) electrons. The van der Waals surface area contributed by atoms with E-state index in [-0.39, 0.29) is 0 Å². The number of hydrogen-bond donors (Lipinski definition) is 0. The highest BCUT2D eigenvalue weighted by atomic mass is 16.5. The molecule has 0 atom stereocenters. The Morgan fingerprint density at radius 2 is 0.415 bits per heavy atom. The van der Waals surface area contributed by atoms with Gasteiger partial charge in [0.1, 0.15) is 11.5 Å². The van der Waals surface area contributed by atoms with Crippen molar-refractivity contribution in [2.75, 3.05) is 0 Å². The quantitative estimate of drug-likeness (QED) is 0.139. The second-order valence-electron chi connectivity index (χ2n) is 16.7. The second-order valence-corrected chi connectivity index (χ2v) is 16.7. The van der Waals surface area contributed by atoms with Gasteiger partial charge in [-0.05, 0) is 140 Å². The average molecular weight is 827 g/mol. The van der Waals surface area contributed by atoms with Crippen molar-refractivity contribution in [3.63, 3.8) is 0 Å². The molecule has 0 amide bonds. The zero-order valence-electron chi connectivity index (χ0n) is 35.7. The van der Waals surface area contributed by atoms with Crippen LogP contribution < -0.4 is 4.74 Å². The summed E-state index contributed by atoms with van der Waals surface area (Å²) in [5, 5.41) is 9.88. The molecular weight excluding hydrogens is 785 g/mol. The molecule has 0 aliphatic heterocycles. The first kappa shape index (κ1) is 38.2. The van der Waals surface area contributed by atoms with Gasteiger partial charge in [0, 0.05) is 0 Å². The summed E-state index contributed by atoms with van der Waals surface area (Å²) in [4.78, 5) is 0. The number of hydrogen-bond acceptors (Lipinski definition) is 1. The predicted molar refractivity (Wildman–Crippen MR) is 276 cm³/mol. The Kier molecular flexibility index (Phi) is 9.58. The normalized spacial score (nSPS) is 11.4. The van der Waals surface area contributed by atoms with Crippen LogP contribution >= 0.6 is 0 Å². The molecule has 1 nitrogen and oxygen atoms in total. The van der Waals surface area contributed by atoms with Gasteiger partial charge in [-0.2, -0.15) is 0 Å². The van der Waals surface area contributed by atoms with Crippen molar-refractivity contribution in [1.29, 1.82) is 0 Å². The minimum atomic E-state index is 0.804. The number of ether oxygens (including phenoxy) is 1. The first-order valence-electron chi connectivity index (χ1n) is 22.3. The van der Waals surface area contributed by atoms with Crippen LogP contribution in [0.1, 0.15) is 0 Å². The van der Waals surface area contributed by atoms with Crippen LogP contribution in [0, 0.1) is 0 Å². The minimum absolute atomic E-state index is 0.804. The molecule has 12 rings (SSSR count). The second kappa shape index (κ2) is 16.3. The van der Waals surface area contributed by atoms with Crippen LogP contribution in [0.2, 0.25) is 0 Å². The van der Waals surface area contributed by atoms with Crippen LogP contribution in [0.5, 0.6) is 11.5 Å². The molecule has 1 heteroatoms. The van der Waals surface area contributed by atoms with Crippen molar-refractivity contribution in [2.24, 2.45) is 0 Å². The lowest BCUT2D eigenvalue weighted by Gasteiger charge is -2.20. The van der Waals surface area contributed by atoms with Gasteiger partial charge in [-0.1, -0.05) is 224 Å². The van der Waals surface area contributed by atoms with E-state index in [1.165, 1.54) is 104 Å². The monoisotopic (exact) mass is 826 g/mol. The van der Waals surface area contributed by atoms with Gasteiger partial charge in [0.05, 0.1) is 0 Å². The van der Waals surface area contributed by atoms with Crippen molar-refractivity contribution in [2.45, 2.75) is 0 Å². The molecule has 12 aromatic rings. The minimum Gasteiger partial charge on any atom is -0.457 e. The van der Waals surface area contributed by atoms with Gasteiger partial charge in [0.25, 0.3) is 0 Å². The Morgan fingerprint density at radius 3 is 0.815 bits per heavy atom. The van der Waals surface area contributed by atoms with Crippen molar-refractivity contribution >= 4 is 43.1 Å². The Labute approximate surface area is 379 Å². The standard InChI is InChI=1S/C64H42O/c1-4-16-43(17-5-1)45-32-37-51(38-33-45)65-52-39-34-49(35-40-52)62-55-24-12-10-22-53(55)61(54-23-11-13-25-56(54)62)47-28-30-48(31-29-47)63-57-26-14-15-27-58(57)64(46-20-8-3-9-21-46)60-42-50(36-41-59(60)63)44-18-6-2-7-19-44/h1-42H. The van der Waals surface area contributed by atoms with Gasteiger partial charge in [0.15, 0.2) is 0 Å². The summed E-state index contributed by atoms with van der Waals surface area (Å²) in [5.74, 6) is 1.62. The fraction of sp³-hybridized carbons (Fsp3) is 0. The molecule has 0 unspecified atom stereocenters. The third-order valence-electron chi connectivity index (χ3n) is 12.9. The zero-order valence-corrected chi connectivity index (χ0v) is 35.7. The molecule has 0 aromatic heterocycles. The lowest BCUT2D eigenvalue weighted by atomic mass is 9.83. The molecule has 65 heavy (non-hydrogen) atoms. The summed E-state index contributed by atoms with van der Waals surface area (Å²) in [6, 6.07) is 91.8. The maximum Gasteiger partial charge on any atom is 0.127 e. The summed E-state index contributed by atoms with van der Waals surface area (Å²) in [5.41, 5.74) is 14.5. The number of fused-ring (bicyclic) bond motifs is 4. The third kappa shape index (κ3) is 6.92. The average Bonchev–Trinajstić information content (AvgIpc) is 3.38. The van der Waals surface area contributed by atoms with E-state index < -0.39 is 0 Å². The largest absolute Gasteiger partial charge is 0.457 e. The van der Waals surface area contributed by atoms with E-state index in [1.807, 2.05) is 18.2 Å². The summed E-state index contributed by atoms with van der Waals surface area (Å²) in [6.45, 7) is 0. The summed E-state index contributed by atoms with van der Waals surface area (Å²) >= 11 is 0. The first-order valence-corrected chi connectivity index (χ1v) is 22.3. The van der Waals surface area contributed by atoms with Crippen LogP contribution in [-0.2, 0) is 0 Å². The van der Waals surface area contributed by atoms with Crippen LogP contribution in [0.15, 0.2) is 255 Å². The maximum atomic E-state index is 6.35. The predicted octanol–water partition coefficient (Wildman–Crippen LogP) is 18.1. The molecular formula is C64H42O. The van der Waals surface area contributed by atoms with Crippen LogP contribution in [0.4, 0.5) is 0 Å². The number of rotatable bonds is 8. The van der Waals surface area contributed by atoms with E-state index in [9.17, 15) is 0 Å². The molecule has 304 valence electrons. The van der Waals surface area contributed by atoms with E-state index in [1.54, 1.807) is 0 Å². The van der Waals surface area contributed by atoms with Gasteiger partial charge in [0.2, 0.25) is 0 Å². The smallest absolute Gasteiger partial charge is 0.127 e. The fourth-order valence-corrected chi connectivity index (χ4v) is 9.94. The fourth-order valence-electron chi connectivity index (χ4n) is 9.94. The summed E-state index contributed by atoms with van der Waals surface area (Å²) in [6.07, 6.45) is 0. The molecule has 12 aromatic carbocycles. The molecule has 0 saturated heterocycles. The van der Waals surface area contributed by atoms with Gasteiger partial charge in [-0.3, -0.25) is 0 Å². The molecule has 0 spiro atoms. The topological polar surface area (TPSA) is 9.23 Å². The van der Waals surface area contributed by atoms with Crippen molar-refractivity contribution in [1.82, 2.24) is 0 Å². The van der Waals surface area contributed by atoms with E-state index in [0.29, 0.717) is 0 Å². The van der Waals surface area contributed by atoms with Gasteiger partial charge in [-0.25, -0.2) is 0 Å². The highest BCUT2D eigenvalue weighted by Gasteiger charge is 2.20. The zero-order chi connectivity index (χ0) is 43.1. The van der Waals surface area contributed by atoms with E-state index >= 15 is 0 Å². The van der Waals surface area contributed by atoms with Gasteiger partial charge < -0.3 is 4.74 Å². The maximum absolute atomic E-state index is 6.35. The Morgan fingerprint density at radius 1 is 0.169 bits per heavy atom. The molecule has 0 aliphatic carbocycles. The molecule has 0 N–H and O–H groups in total. The van der Waals surface area contributed by atoms with Crippen LogP contribution in [-0.4, -0.2) is 0 Å². The lowest BCUT2D eigenvalue weighted by Crippen LogP contribution is -1.93. The van der Waals surface area contributed by atoms with Gasteiger partial charge in [-0.15, -0.1) is 0 Å². The summed E-state index contributed by atoms with van der Waals surface area (Å²) in [7, 11) is 0. The SMILES string of the molecule is c1ccc(-c2ccc(Oc3ccc(-c4c5ccccc5c(-c5ccc(-c6c7ccccc7c(-c7ccccc7)c7cc(-c8ccccc8)ccc67)cc5)c5ccccc45)cc3)cc2)cc1. The third-order valence-corrected chi connectivity index (χ3v) is 12.9. The molecule has 0 aliphatic rings. The molecule has 0 heterocycles. The van der Waals surface area contributed by atoms with E-state index in [2.05, 4.69) is 237 Å². The highest BCUT2D eigenvalue weighted by molar-refractivity contribution is 6.23. The molecule has 0 bridgehead atoms. The van der Waals surface area contributed by atoms with E-state index in [4.69, 9.17) is 4.74 Å². The molecule has 0 saturated carbocycles. The van der Waals surface area contributed by atoms with Crippen LogP contribution in [0.25, 0.3) is 110 Å². The highest BCUT2D eigenvalue weighted by Crippen LogP contribution is 2.47. The van der Waals surface area contributed by atoms with Crippen molar-refractivity contribution < 1.29 is 4.74 Å². The number of benzene rings is 12. The van der Waals surface area contributed by atoms with Crippen LogP contribution in [0.3, 0.4) is 0 Å². The van der Waals surface area contributed by atoms with E-state index in [0.717, 1.165) is 17.1 Å². The Balaban J connectivity index is 0.954. The van der Waals surface area contributed by atoms with Gasteiger partial charge >= 0.3 is 0 Å². The Hall–Kier alpha value is -8.52. The first-order chi connectivity index (χ1) is 32.2. The van der Waals surface area contributed by atoms with Crippen molar-refractivity contribution in [3.8, 4) is 78.3 Å². The lowest BCUT2D eigenvalue weighted by molar-refractivity contribution is 0.483. The molecule has 0 fully saturated rings. The van der Waals surface area contributed by atoms with Crippen molar-refractivity contribution in [3.05, 3.63) is 255 Å².